The molecule has 1 N–H and O–H groups in total. The molecular weight excluding hydrogens is 294 g/mol. The summed E-state index contributed by atoms with van der Waals surface area (Å²) in [6, 6.07) is 9.75. The fraction of sp³-hybridized carbons (Fsp3) is 0.556. The third kappa shape index (κ3) is 6.30. The largest absolute Gasteiger partial charge is 0.466 e. The quantitative estimate of drug-likeness (QED) is 0.816. The molecule has 5 nitrogen and oxygen atoms in total. The van der Waals surface area contributed by atoms with Crippen molar-refractivity contribution in [2.45, 2.75) is 51.7 Å². The van der Waals surface area contributed by atoms with Gasteiger partial charge < -0.3 is 14.8 Å². The van der Waals surface area contributed by atoms with Crippen molar-refractivity contribution in [1.82, 2.24) is 5.32 Å². The molecule has 5 heteroatoms. The topological polar surface area (TPSA) is 64.6 Å². The number of carbonyl (C=O) groups is 2. The molecule has 0 atom stereocenters. The second kappa shape index (κ2) is 9.18. The van der Waals surface area contributed by atoms with Gasteiger partial charge in [-0.15, -0.1) is 0 Å². The maximum Gasteiger partial charge on any atom is 0.407 e. The zero-order valence-electron chi connectivity index (χ0n) is 13.6. The number of esters is 1. The van der Waals surface area contributed by atoms with E-state index in [2.05, 4.69) is 5.32 Å². The molecule has 1 aromatic carbocycles. The van der Waals surface area contributed by atoms with Gasteiger partial charge in [0.2, 0.25) is 0 Å². The number of amides is 1. The molecule has 1 amide bonds. The summed E-state index contributed by atoms with van der Waals surface area (Å²) in [7, 11) is 0. The van der Waals surface area contributed by atoms with Crippen LogP contribution in [0.2, 0.25) is 0 Å². The molecule has 0 aromatic heterocycles. The van der Waals surface area contributed by atoms with Crippen molar-refractivity contribution in [2.75, 3.05) is 6.61 Å². The first-order chi connectivity index (χ1) is 11.2. The van der Waals surface area contributed by atoms with Gasteiger partial charge in [-0.3, -0.25) is 4.79 Å². The van der Waals surface area contributed by atoms with E-state index in [0.29, 0.717) is 18.9 Å². The monoisotopic (exact) mass is 319 g/mol. The Balaban J connectivity index is 1.63. The summed E-state index contributed by atoms with van der Waals surface area (Å²) < 4.78 is 10.2. The molecule has 1 fully saturated rings. The van der Waals surface area contributed by atoms with Gasteiger partial charge >= 0.3 is 12.1 Å². The summed E-state index contributed by atoms with van der Waals surface area (Å²) in [5, 5.41) is 2.91. The maximum absolute atomic E-state index is 11.8. The van der Waals surface area contributed by atoms with Crippen LogP contribution in [0, 0.1) is 5.92 Å². The molecule has 1 saturated carbocycles. The Bertz CT molecular complexity index is 495. The maximum atomic E-state index is 11.8. The normalized spacial score (nSPS) is 20.6. The number of carbonyl (C=O) groups excluding carboxylic acids is 2. The van der Waals surface area contributed by atoms with Crippen molar-refractivity contribution < 1.29 is 19.1 Å². The first-order valence-corrected chi connectivity index (χ1v) is 8.30. The lowest BCUT2D eigenvalue weighted by atomic mass is 9.84. The Labute approximate surface area is 137 Å². The Kier molecular flexibility index (Phi) is 6.91. The van der Waals surface area contributed by atoms with E-state index in [0.717, 1.165) is 31.2 Å². The summed E-state index contributed by atoms with van der Waals surface area (Å²) in [5.41, 5.74) is 0.973. The fourth-order valence-electron chi connectivity index (χ4n) is 2.90. The summed E-state index contributed by atoms with van der Waals surface area (Å²) in [6.45, 7) is 2.54. The lowest BCUT2D eigenvalue weighted by Gasteiger charge is -2.28. The molecule has 0 aliphatic heterocycles. The van der Waals surface area contributed by atoms with E-state index in [-0.39, 0.29) is 24.7 Å². The van der Waals surface area contributed by atoms with Gasteiger partial charge in [-0.1, -0.05) is 30.3 Å². The zero-order valence-corrected chi connectivity index (χ0v) is 13.6. The number of alkyl carbamates (subject to hydrolysis) is 1. The van der Waals surface area contributed by atoms with E-state index in [1.807, 2.05) is 37.3 Å². The summed E-state index contributed by atoms with van der Waals surface area (Å²) in [6.07, 6.45) is 3.74. The highest BCUT2D eigenvalue weighted by molar-refractivity contribution is 5.69. The van der Waals surface area contributed by atoms with E-state index in [1.54, 1.807) is 0 Å². The van der Waals surface area contributed by atoms with Crippen LogP contribution in [0.25, 0.3) is 0 Å². The number of benzene rings is 1. The van der Waals surface area contributed by atoms with E-state index < -0.39 is 0 Å². The number of rotatable bonds is 6. The fourth-order valence-corrected chi connectivity index (χ4v) is 2.90. The van der Waals surface area contributed by atoms with Gasteiger partial charge in [0.1, 0.15) is 6.61 Å². The Morgan fingerprint density at radius 3 is 2.43 bits per heavy atom. The first-order valence-electron chi connectivity index (χ1n) is 8.30. The van der Waals surface area contributed by atoms with Crippen molar-refractivity contribution in [3.63, 3.8) is 0 Å². The summed E-state index contributed by atoms with van der Waals surface area (Å²) in [5.74, 6) is 0.249. The third-order valence-corrected chi connectivity index (χ3v) is 4.14. The Morgan fingerprint density at radius 1 is 1.09 bits per heavy atom. The average molecular weight is 319 g/mol. The molecule has 0 saturated heterocycles. The second-order valence-corrected chi connectivity index (χ2v) is 5.93. The van der Waals surface area contributed by atoms with E-state index in [4.69, 9.17) is 9.47 Å². The number of hydrogen-bond donors (Lipinski definition) is 1. The van der Waals surface area contributed by atoms with Gasteiger partial charge in [-0.2, -0.15) is 0 Å². The van der Waals surface area contributed by atoms with Crippen LogP contribution in [0.5, 0.6) is 0 Å². The van der Waals surface area contributed by atoms with Gasteiger partial charge in [0.05, 0.1) is 6.61 Å². The number of ether oxygens (including phenoxy) is 2. The van der Waals surface area contributed by atoms with Gasteiger partial charge in [-0.05, 0) is 44.1 Å². The van der Waals surface area contributed by atoms with Gasteiger partial charge in [0.25, 0.3) is 0 Å². The SMILES string of the molecule is CCOC(=O)CC1CCC(NC(=O)OCc2ccccc2)CC1. The van der Waals surface area contributed by atoms with Crippen LogP contribution in [0.3, 0.4) is 0 Å². The van der Waals surface area contributed by atoms with E-state index in [1.165, 1.54) is 0 Å². The molecular formula is C18H25NO4. The third-order valence-electron chi connectivity index (χ3n) is 4.14. The second-order valence-electron chi connectivity index (χ2n) is 5.93. The van der Waals surface area contributed by atoms with E-state index in [9.17, 15) is 9.59 Å². The molecule has 1 aliphatic rings. The van der Waals surface area contributed by atoms with Crippen LogP contribution >= 0.6 is 0 Å². The Hall–Kier alpha value is -2.04. The predicted octanol–water partition coefficient (Wildman–Crippen LogP) is 3.42. The molecule has 0 heterocycles. The van der Waals surface area contributed by atoms with E-state index >= 15 is 0 Å². The highest BCUT2D eigenvalue weighted by atomic mass is 16.5. The minimum Gasteiger partial charge on any atom is -0.466 e. The predicted molar refractivity (Wildman–Crippen MR) is 86.8 cm³/mol. The summed E-state index contributed by atoms with van der Waals surface area (Å²) >= 11 is 0. The van der Waals surface area contributed by atoms with Crippen LogP contribution < -0.4 is 5.32 Å². The van der Waals surface area contributed by atoms with Crippen LogP contribution in [0.15, 0.2) is 30.3 Å². The molecule has 1 aliphatic carbocycles. The van der Waals surface area contributed by atoms with Crippen LogP contribution in [0.1, 0.15) is 44.6 Å². The lowest BCUT2D eigenvalue weighted by molar-refractivity contribution is -0.144. The standard InChI is InChI=1S/C18H25NO4/c1-2-22-17(20)12-14-8-10-16(11-9-14)19-18(21)23-13-15-6-4-3-5-7-15/h3-7,14,16H,2,8-13H2,1H3,(H,19,21). The molecule has 126 valence electrons. The molecule has 2 rings (SSSR count). The smallest absolute Gasteiger partial charge is 0.407 e. The van der Waals surface area contributed by atoms with Crippen molar-refractivity contribution in [3.05, 3.63) is 35.9 Å². The molecule has 0 bridgehead atoms. The molecule has 23 heavy (non-hydrogen) atoms. The zero-order chi connectivity index (χ0) is 16.5. The highest BCUT2D eigenvalue weighted by Crippen LogP contribution is 2.27. The molecule has 1 aromatic rings. The van der Waals surface area contributed by atoms with Gasteiger partial charge in [0, 0.05) is 12.5 Å². The van der Waals surface area contributed by atoms with Crippen LogP contribution in [0.4, 0.5) is 4.79 Å². The summed E-state index contributed by atoms with van der Waals surface area (Å²) in [4.78, 5) is 23.3. The van der Waals surface area contributed by atoms with Crippen molar-refractivity contribution in [1.29, 1.82) is 0 Å². The highest BCUT2D eigenvalue weighted by Gasteiger charge is 2.24. The average Bonchev–Trinajstić information content (AvgIpc) is 2.56. The van der Waals surface area contributed by atoms with Crippen molar-refractivity contribution >= 4 is 12.1 Å². The van der Waals surface area contributed by atoms with Crippen LogP contribution in [-0.4, -0.2) is 24.7 Å². The molecule has 0 radical (unpaired) electrons. The minimum absolute atomic E-state index is 0.119. The molecule has 0 spiro atoms. The lowest BCUT2D eigenvalue weighted by Crippen LogP contribution is -2.38. The Morgan fingerprint density at radius 2 is 1.78 bits per heavy atom. The molecule has 0 unspecified atom stereocenters. The van der Waals surface area contributed by atoms with Crippen molar-refractivity contribution in [3.8, 4) is 0 Å². The number of hydrogen-bond acceptors (Lipinski definition) is 4. The van der Waals surface area contributed by atoms with Gasteiger partial charge in [0.15, 0.2) is 0 Å². The first kappa shape index (κ1) is 17.3. The number of nitrogens with one attached hydrogen (secondary N) is 1. The van der Waals surface area contributed by atoms with Gasteiger partial charge in [-0.25, -0.2) is 4.79 Å². The van der Waals surface area contributed by atoms with Crippen LogP contribution in [-0.2, 0) is 20.9 Å². The minimum atomic E-state index is -0.373. The van der Waals surface area contributed by atoms with Crippen molar-refractivity contribution in [2.24, 2.45) is 5.92 Å².